The van der Waals surface area contributed by atoms with Gasteiger partial charge in [0, 0.05) is 12.2 Å². The van der Waals surface area contributed by atoms with Crippen LogP contribution in [0.25, 0.3) is 0 Å². The van der Waals surface area contributed by atoms with Crippen molar-refractivity contribution in [2.75, 3.05) is 10.5 Å². The molecule has 1 aromatic carbocycles. The third-order valence-electron chi connectivity index (χ3n) is 4.18. The molecule has 0 fully saturated rings. The number of hydrogen-bond acceptors (Lipinski definition) is 5. The van der Waals surface area contributed by atoms with Crippen LogP contribution in [0.5, 0.6) is 0 Å². The van der Waals surface area contributed by atoms with Crippen molar-refractivity contribution in [2.24, 2.45) is 5.92 Å². The topological polar surface area (TPSA) is 125 Å². The second-order valence-corrected chi connectivity index (χ2v) is 9.26. The minimum atomic E-state index is -4.85. The molecule has 0 aromatic heterocycles. The molecule has 176 valence electrons. The third-order valence-corrected chi connectivity index (χ3v) is 5.43. The number of carbonyl (C=O) groups excluding carboxylic acids is 1. The average Bonchev–Trinajstić information content (AvgIpc) is 2.61. The molecule has 1 amide bonds. The summed E-state index contributed by atoms with van der Waals surface area (Å²) >= 11 is 0. The summed E-state index contributed by atoms with van der Waals surface area (Å²) in [7, 11) is -4.58. The fourth-order valence-corrected chi connectivity index (χ4v) is 3.76. The summed E-state index contributed by atoms with van der Waals surface area (Å²) in [6.45, 7) is 5.58. The average molecular weight is 468 g/mol. The van der Waals surface area contributed by atoms with Gasteiger partial charge >= 0.3 is 12.1 Å². The number of halogens is 3. The summed E-state index contributed by atoms with van der Waals surface area (Å²) < 4.78 is 61.7. The zero-order valence-corrected chi connectivity index (χ0v) is 18.3. The molecule has 0 saturated carbocycles. The van der Waals surface area contributed by atoms with Crippen LogP contribution in [-0.4, -0.2) is 49.4 Å². The van der Waals surface area contributed by atoms with E-state index in [1.807, 2.05) is 18.6 Å². The predicted molar refractivity (Wildman–Crippen MR) is 110 cm³/mol. The molecule has 0 heterocycles. The van der Waals surface area contributed by atoms with Crippen LogP contribution >= 0.6 is 0 Å². The second-order valence-electron chi connectivity index (χ2n) is 7.54. The highest BCUT2D eigenvalue weighted by Crippen LogP contribution is 2.19. The lowest BCUT2D eigenvalue weighted by atomic mass is 10.0. The Balaban J connectivity index is 2.73. The zero-order valence-electron chi connectivity index (χ0n) is 17.5. The van der Waals surface area contributed by atoms with Crippen LogP contribution in [0.1, 0.15) is 39.2 Å². The Morgan fingerprint density at radius 2 is 1.68 bits per heavy atom. The summed E-state index contributed by atoms with van der Waals surface area (Å²) in [5.74, 6) is -3.29. The first-order chi connectivity index (χ1) is 14.2. The first-order valence-electron chi connectivity index (χ1n) is 9.65. The van der Waals surface area contributed by atoms with Crippen molar-refractivity contribution >= 4 is 27.6 Å². The van der Waals surface area contributed by atoms with Crippen molar-refractivity contribution in [3.63, 3.8) is 0 Å². The van der Waals surface area contributed by atoms with E-state index in [0.717, 1.165) is 0 Å². The van der Waals surface area contributed by atoms with E-state index < -0.39 is 40.0 Å². The third kappa shape index (κ3) is 10.5. The van der Waals surface area contributed by atoms with Gasteiger partial charge in [0.1, 0.15) is 6.04 Å². The van der Waals surface area contributed by atoms with Crippen LogP contribution < -0.4 is 15.4 Å². The SMILES string of the molecule is CC[C@@H](N[C@@H](CC(C)C)C(=O)NCc1ccc(NS(=O)(=O)CC(F)(F)F)cc1)C(=O)O. The van der Waals surface area contributed by atoms with E-state index in [4.69, 9.17) is 0 Å². The number of benzene rings is 1. The van der Waals surface area contributed by atoms with Crippen molar-refractivity contribution in [3.05, 3.63) is 29.8 Å². The minimum Gasteiger partial charge on any atom is -0.480 e. The maximum Gasteiger partial charge on any atom is 0.404 e. The monoisotopic (exact) mass is 467 g/mol. The van der Waals surface area contributed by atoms with Gasteiger partial charge in [0.15, 0.2) is 5.75 Å². The van der Waals surface area contributed by atoms with Crippen molar-refractivity contribution in [2.45, 2.75) is 58.4 Å². The lowest BCUT2D eigenvalue weighted by molar-refractivity contribution is -0.140. The lowest BCUT2D eigenvalue weighted by Gasteiger charge is -2.23. The van der Waals surface area contributed by atoms with E-state index in [1.165, 1.54) is 24.3 Å². The van der Waals surface area contributed by atoms with Gasteiger partial charge in [-0.15, -0.1) is 0 Å². The first kappa shape index (κ1) is 26.7. The first-order valence-corrected chi connectivity index (χ1v) is 11.3. The van der Waals surface area contributed by atoms with Gasteiger partial charge in [-0.05, 0) is 36.5 Å². The summed E-state index contributed by atoms with van der Waals surface area (Å²) in [6, 6.07) is 3.92. The smallest absolute Gasteiger partial charge is 0.404 e. The second kappa shape index (κ2) is 11.3. The Morgan fingerprint density at radius 3 is 2.13 bits per heavy atom. The summed E-state index contributed by atoms with van der Waals surface area (Å²) in [4.78, 5) is 23.8. The molecule has 4 N–H and O–H groups in total. The number of aliphatic carboxylic acids is 1. The van der Waals surface area contributed by atoms with Crippen molar-refractivity contribution in [3.8, 4) is 0 Å². The summed E-state index contributed by atoms with van der Waals surface area (Å²) in [5.41, 5.74) is 0.548. The highest BCUT2D eigenvalue weighted by Gasteiger charge is 2.35. The molecule has 2 atom stereocenters. The number of carbonyl (C=O) groups is 2. The van der Waals surface area contributed by atoms with Crippen LogP contribution in [0, 0.1) is 5.92 Å². The number of carboxylic acids is 1. The highest BCUT2D eigenvalue weighted by atomic mass is 32.2. The van der Waals surface area contributed by atoms with Gasteiger partial charge in [0.25, 0.3) is 0 Å². The Hall–Kier alpha value is -2.34. The Labute approximate surface area is 179 Å². The minimum absolute atomic E-state index is 0.0362. The Kier molecular flexibility index (Phi) is 9.75. The number of sulfonamides is 1. The molecule has 0 bridgehead atoms. The number of alkyl halides is 3. The van der Waals surface area contributed by atoms with Crippen LogP contribution in [0.15, 0.2) is 24.3 Å². The fourth-order valence-electron chi connectivity index (χ4n) is 2.76. The Morgan fingerprint density at radius 1 is 1.10 bits per heavy atom. The van der Waals surface area contributed by atoms with Gasteiger partial charge in [0.2, 0.25) is 15.9 Å². The molecule has 8 nitrogen and oxygen atoms in total. The molecular weight excluding hydrogens is 439 g/mol. The molecule has 12 heteroatoms. The van der Waals surface area contributed by atoms with Gasteiger partial charge in [-0.2, -0.15) is 13.2 Å². The van der Waals surface area contributed by atoms with Gasteiger partial charge in [-0.1, -0.05) is 32.9 Å². The molecule has 0 radical (unpaired) electrons. The van der Waals surface area contributed by atoms with Crippen LogP contribution in [-0.2, 0) is 26.2 Å². The number of carboxylic acid groups (broad SMARTS) is 1. The molecule has 0 spiro atoms. The van der Waals surface area contributed by atoms with Crippen molar-refractivity contribution in [1.82, 2.24) is 10.6 Å². The molecule has 1 rings (SSSR count). The van der Waals surface area contributed by atoms with E-state index in [9.17, 15) is 36.3 Å². The van der Waals surface area contributed by atoms with E-state index in [0.29, 0.717) is 18.4 Å². The van der Waals surface area contributed by atoms with Gasteiger partial charge in [-0.25, -0.2) is 8.42 Å². The molecule has 1 aromatic rings. The number of rotatable bonds is 12. The zero-order chi connectivity index (χ0) is 23.8. The molecule has 0 saturated heterocycles. The van der Waals surface area contributed by atoms with E-state index >= 15 is 0 Å². The van der Waals surface area contributed by atoms with Crippen LogP contribution in [0.2, 0.25) is 0 Å². The number of nitrogens with one attached hydrogen (secondary N) is 3. The molecule has 0 aliphatic carbocycles. The largest absolute Gasteiger partial charge is 0.480 e. The molecular formula is C19H28F3N3O5S. The number of anilines is 1. The molecule has 31 heavy (non-hydrogen) atoms. The van der Waals surface area contributed by atoms with Gasteiger partial charge in [0.05, 0.1) is 6.04 Å². The standard InChI is InChI=1S/C19H28F3N3O5S/c1-4-15(18(27)28)24-16(9-12(2)3)17(26)23-10-13-5-7-14(8-6-13)25-31(29,30)11-19(20,21)22/h5-8,12,15-16,24-25H,4,9-11H2,1-3H3,(H,23,26)(H,27,28)/t15-,16+/m1/s1. The molecule has 0 unspecified atom stereocenters. The van der Waals surface area contributed by atoms with E-state index in [1.54, 1.807) is 6.92 Å². The normalized spacial score (nSPS) is 14.2. The highest BCUT2D eigenvalue weighted by molar-refractivity contribution is 7.92. The lowest BCUT2D eigenvalue weighted by Crippen LogP contribution is -2.51. The maximum atomic E-state index is 12.5. The summed E-state index contributed by atoms with van der Waals surface area (Å²) in [6.07, 6.45) is -4.12. The quantitative estimate of drug-likeness (QED) is 0.374. The number of hydrogen-bond donors (Lipinski definition) is 4. The van der Waals surface area contributed by atoms with Crippen LogP contribution in [0.4, 0.5) is 18.9 Å². The van der Waals surface area contributed by atoms with Crippen molar-refractivity contribution < 1.29 is 36.3 Å². The van der Waals surface area contributed by atoms with E-state index in [2.05, 4.69) is 10.6 Å². The Bertz CT molecular complexity index is 842. The maximum absolute atomic E-state index is 12.5. The number of amides is 1. The van der Waals surface area contributed by atoms with Gasteiger partial charge in [-0.3, -0.25) is 19.6 Å². The predicted octanol–water partition coefficient (Wildman–Crippen LogP) is 2.47. The van der Waals surface area contributed by atoms with Crippen LogP contribution in [0.3, 0.4) is 0 Å². The van der Waals surface area contributed by atoms with Gasteiger partial charge < -0.3 is 10.4 Å². The molecule has 0 aliphatic heterocycles. The molecule has 0 aliphatic rings. The fraction of sp³-hybridized carbons (Fsp3) is 0.579. The van der Waals surface area contributed by atoms with E-state index in [-0.39, 0.29) is 24.1 Å². The summed E-state index contributed by atoms with van der Waals surface area (Å²) in [5, 5.41) is 14.7. The van der Waals surface area contributed by atoms with Crippen molar-refractivity contribution in [1.29, 1.82) is 0 Å².